The number of benzene rings is 3. The minimum absolute atomic E-state index is 0.0322. The maximum absolute atomic E-state index is 13.1. The van der Waals surface area contributed by atoms with E-state index in [1.807, 2.05) is 60.4 Å². The van der Waals surface area contributed by atoms with E-state index in [1.54, 1.807) is 24.3 Å². The van der Waals surface area contributed by atoms with Gasteiger partial charge in [-0.25, -0.2) is 9.59 Å². The lowest BCUT2D eigenvalue weighted by atomic mass is 10.1. The van der Waals surface area contributed by atoms with Crippen LogP contribution in [0.1, 0.15) is 38.8 Å². The van der Waals surface area contributed by atoms with E-state index in [4.69, 9.17) is 4.74 Å². The summed E-state index contributed by atoms with van der Waals surface area (Å²) in [5, 5.41) is 5.54. The monoisotopic (exact) mass is 443 g/mol. The quantitative estimate of drug-likeness (QED) is 0.573. The SMILES string of the molecule is COC(=O)c1cccc(NC(=O)NCc2ccc3c(c2)N(C(=O)c2ccccc2)[C@@H](C)C3)c1. The number of hydrogen-bond acceptors (Lipinski definition) is 4. The molecule has 0 bridgehead atoms. The number of hydrogen-bond donors (Lipinski definition) is 2. The summed E-state index contributed by atoms with van der Waals surface area (Å²) in [4.78, 5) is 39.0. The van der Waals surface area contributed by atoms with Crippen LogP contribution in [0.15, 0.2) is 72.8 Å². The summed E-state index contributed by atoms with van der Waals surface area (Å²) in [5.41, 5.74) is 4.35. The Morgan fingerprint density at radius 3 is 2.48 bits per heavy atom. The fraction of sp³-hybridized carbons (Fsp3) is 0.192. The Morgan fingerprint density at radius 2 is 1.73 bits per heavy atom. The fourth-order valence-electron chi connectivity index (χ4n) is 3.99. The summed E-state index contributed by atoms with van der Waals surface area (Å²) < 4.78 is 4.70. The number of amides is 3. The Labute approximate surface area is 192 Å². The average molecular weight is 444 g/mol. The highest BCUT2D eigenvalue weighted by atomic mass is 16.5. The number of carbonyl (C=O) groups excluding carboxylic acids is 3. The molecule has 33 heavy (non-hydrogen) atoms. The lowest BCUT2D eigenvalue weighted by Crippen LogP contribution is -2.35. The molecular formula is C26H25N3O4. The summed E-state index contributed by atoms with van der Waals surface area (Å²) >= 11 is 0. The van der Waals surface area contributed by atoms with Crippen LogP contribution in [0.2, 0.25) is 0 Å². The Hall–Kier alpha value is -4.13. The first-order chi connectivity index (χ1) is 16.0. The van der Waals surface area contributed by atoms with E-state index in [0.29, 0.717) is 16.8 Å². The minimum atomic E-state index is -0.471. The number of carbonyl (C=O) groups is 3. The Kier molecular flexibility index (Phi) is 6.40. The van der Waals surface area contributed by atoms with Crippen LogP contribution in [0, 0.1) is 0 Å². The molecule has 3 aromatic rings. The second-order valence-electron chi connectivity index (χ2n) is 7.94. The van der Waals surface area contributed by atoms with Gasteiger partial charge in [-0.05, 0) is 60.9 Å². The van der Waals surface area contributed by atoms with Gasteiger partial charge in [0.15, 0.2) is 0 Å². The highest BCUT2D eigenvalue weighted by Crippen LogP contribution is 2.34. The molecule has 1 atom stereocenters. The van der Waals surface area contributed by atoms with Crippen LogP contribution in [-0.2, 0) is 17.7 Å². The van der Waals surface area contributed by atoms with Gasteiger partial charge in [-0.1, -0.05) is 36.4 Å². The standard InChI is InChI=1S/C26H25N3O4/c1-17-13-20-12-11-18(14-23(20)29(17)24(30)19-7-4-3-5-8-19)16-27-26(32)28-22-10-6-9-21(15-22)25(31)33-2/h3-12,14-15,17H,13,16H2,1-2H3,(H2,27,28,32)/t17-/m0/s1. The van der Waals surface area contributed by atoms with Crippen LogP contribution in [0.5, 0.6) is 0 Å². The van der Waals surface area contributed by atoms with Crippen molar-refractivity contribution in [3.05, 3.63) is 95.1 Å². The van der Waals surface area contributed by atoms with Crippen molar-refractivity contribution in [3.8, 4) is 0 Å². The first-order valence-corrected chi connectivity index (χ1v) is 10.7. The summed E-state index contributed by atoms with van der Waals surface area (Å²) in [6.07, 6.45) is 0.790. The third kappa shape index (κ3) is 4.87. The Morgan fingerprint density at radius 1 is 0.970 bits per heavy atom. The van der Waals surface area contributed by atoms with Crippen LogP contribution in [-0.4, -0.2) is 31.1 Å². The zero-order chi connectivity index (χ0) is 23.4. The van der Waals surface area contributed by atoms with Crippen LogP contribution in [0.3, 0.4) is 0 Å². The van der Waals surface area contributed by atoms with E-state index in [0.717, 1.165) is 23.2 Å². The molecule has 4 rings (SSSR count). The molecule has 7 nitrogen and oxygen atoms in total. The smallest absolute Gasteiger partial charge is 0.337 e. The molecule has 0 saturated heterocycles. The fourth-order valence-corrected chi connectivity index (χ4v) is 3.99. The zero-order valence-electron chi connectivity index (χ0n) is 18.5. The topological polar surface area (TPSA) is 87.7 Å². The lowest BCUT2D eigenvalue weighted by Gasteiger charge is -2.23. The molecule has 0 radical (unpaired) electrons. The van der Waals surface area contributed by atoms with E-state index in [-0.39, 0.29) is 18.5 Å². The number of methoxy groups -OCH3 is 1. The summed E-state index contributed by atoms with van der Waals surface area (Å²) in [7, 11) is 1.31. The normalized spacial score (nSPS) is 14.4. The molecule has 3 aromatic carbocycles. The van der Waals surface area contributed by atoms with E-state index in [2.05, 4.69) is 10.6 Å². The molecule has 7 heteroatoms. The van der Waals surface area contributed by atoms with E-state index in [1.165, 1.54) is 7.11 Å². The highest BCUT2D eigenvalue weighted by Gasteiger charge is 2.31. The van der Waals surface area contributed by atoms with Crippen molar-refractivity contribution in [2.45, 2.75) is 25.9 Å². The van der Waals surface area contributed by atoms with Gasteiger partial charge in [0.05, 0.1) is 12.7 Å². The molecule has 0 unspecified atom stereocenters. The van der Waals surface area contributed by atoms with Gasteiger partial charge in [0.2, 0.25) is 0 Å². The minimum Gasteiger partial charge on any atom is -0.465 e. The molecule has 1 heterocycles. The molecule has 0 saturated carbocycles. The maximum atomic E-state index is 13.1. The molecule has 2 N–H and O–H groups in total. The summed E-state index contributed by atoms with van der Waals surface area (Å²) in [5.74, 6) is -0.503. The molecule has 168 valence electrons. The molecule has 0 fully saturated rings. The van der Waals surface area contributed by atoms with Crippen LogP contribution in [0.4, 0.5) is 16.2 Å². The zero-order valence-corrected chi connectivity index (χ0v) is 18.5. The summed E-state index contributed by atoms with van der Waals surface area (Å²) in [6, 6.07) is 21.3. The van der Waals surface area contributed by atoms with Crippen LogP contribution >= 0.6 is 0 Å². The second-order valence-corrected chi connectivity index (χ2v) is 7.94. The van der Waals surface area contributed by atoms with Crippen molar-refractivity contribution in [2.75, 3.05) is 17.3 Å². The predicted octanol–water partition coefficient (Wildman–Crippen LogP) is 4.39. The summed E-state index contributed by atoms with van der Waals surface area (Å²) in [6.45, 7) is 2.33. The first kappa shape index (κ1) is 22.1. The molecule has 1 aliphatic heterocycles. The van der Waals surface area contributed by atoms with E-state index < -0.39 is 12.0 Å². The van der Waals surface area contributed by atoms with Crippen molar-refractivity contribution in [2.24, 2.45) is 0 Å². The van der Waals surface area contributed by atoms with Gasteiger partial charge in [-0.2, -0.15) is 0 Å². The molecule has 3 amide bonds. The van der Waals surface area contributed by atoms with Crippen molar-refractivity contribution in [3.63, 3.8) is 0 Å². The van der Waals surface area contributed by atoms with Gasteiger partial charge >= 0.3 is 12.0 Å². The Bertz CT molecular complexity index is 1190. The number of ether oxygens (including phenoxy) is 1. The molecule has 0 spiro atoms. The van der Waals surface area contributed by atoms with Gasteiger partial charge in [-0.15, -0.1) is 0 Å². The van der Waals surface area contributed by atoms with Crippen LogP contribution in [0.25, 0.3) is 0 Å². The number of esters is 1. The number of nitrogens with one attached hydrogen (secondary N) is 2. The van der Waals surface area contributed by atoms with Gasteiger partial charge in [0.1, 0.15) is 0 Å². The second kappa shape index (κ2) is 9.56. The van der Waals surface area contributed by atoms with E-state index in [9.17, 15) is 14.4 Å². The largest absolute Gasteiger partial charge is 0.465 e. The predicted molar refractivity (Wildman–Crippen MR) is 126 cm³/mol. The number of rotatable bonds is 5. The van der Waals surface area contributed by atoms with Crippen molar-refractivity contribution >= 4 is 29.3 Å². The van der Waals surface area contributed by atoms with Crippen molar-refractivity contribution in [1.82, 2.24) is 5.32 Å². The molecule has 0 aromatic heterocycles. The highest BCUT2D eigenvalue weighted by molar-refractivity contribution is 6.07. The lowest BCUT2D eigenvalue weighted by molar-refractivity contribution is 0.0600. The van der Waals surface area contributed by atoms with Gasteiger partial charge < -0.3 is 20.3 Å². The molecular weight excluding hydrogens is 418 g/mol. The Balaban J connectivity index is 1.43. The van der Waals surface area contributed by atoms with Gasteiger partial charge in [0.25, 0.3) is 5.91 Å². The number of urea groups is 1. The third-order valence-corrected chi connectivity index (χ3v) is 5.60. The molecule has 0 aliphatic carbocycles. The van der Waals surface area contributed by atoms with Crippen molar-refractivity contribution < 1.29 is 19.1 Å². The van der Waals surface area contributed by atoms with Gasteiger partial charge in [-0.3, -0.25) is 4.79 Å². The van der Waals surface area contributed by atoms with Crippen molar-refractivity contribution in [1.29, 1.82) is 0 Å². The number of fused-ring (bicyclic) bond motifs is 1. The number of anilines is 2. The first-order valence-electron chi connectivity index (χ1n) is 10.7. The van der Waals surface area contributed by atoms with Gasteiger partial charge in [0, 0.05) is 29.5 Å². The number of nitrogens with zero attached hydrogens (tertiary/aromatic N) is 1. The van der Waals surface area contributed by atoms with E-state index >= 15 is 0 Å². The van der Waals surface area contributed by atoms with Crippen LogP contribution < -0.4 is 15.5 Å². The molecule has 1 aliphatic rings. The average Bonchev–Trinajstić information content (AvgIpc) is 3.17. The maximum Gasteiger partial charge on any atom is 0.337 e. The third-order valence-electron chi connectivity index (χ3n) is 5.60.